The van der Waals surface area contributed by atoms with Gasteiger partial charge in [-0.05, 0) is 33.3 Å². The summed E-state index contributed by atoms with van der Waals surface area (Å²) in [6, 6.07) is 3.91. The van der Waals surface area contributed by atoms with E-state index in [1.54, 1.807) is 17.5 Å². The molecule has 6 nitrogen and oxygen atoms in total. The Bertz CT molecular complexity index is 679. The van der Waals surface area contributed by atoms with Gasteiger partial charge in [-0.3, -0.25) is 0 Å². The average molecular weight is 362 g/mol. The number of guanidine groups is 1. The van der Waals surface area contributed by atoms with E-state index in [1.165, 1.54) is 4.88 Å². The first-order valence-corrected chi connectivity index (χ1v) is 9.47. The Morgan fingerprint density at radius 1 is 1.28 bits per heavy atom. The van der Waals surface area contributed by atoms with Crippen molar-refractivity contribution in [2.75, 3.05) is 13.2 Å². The molecular weight excluding hydrogens is 334 g/mol. The fourth-order valence-corrected chi connectivity index (χ4v) is 3.03. The van der Waals surface area contributed by atoms with Crippen LogP contribution in [0.2, 0.25) is 0 Å². The van der Waals surface area contributed by atoms with Gasteiger partial charge in [-0.2, -0.15) is 0 Å². The van der Waals surface area contributed by atoms with Crippen LogP contribution < -0.4 is 15.4 Å². The molecule has 0 bridgehead atoms. The summed E-state index contributed by atoms with van der Waals surface area (Å²) in [4.78, 5) is 14.8. The summed E-state index contributed by atoms with van der Waals surface area (Å²) < 4.78 is 5.69. The number of rotatable bonds is 8. The van der Waals surface area contributed by atoms with Gasteiger partial charge < -0.3 is 15.4 Å². The zero-order chi connectivity index (χ0) is 18.1. The van der Waals surface area contributed by atoms with Crippen LogP contribution in [0, 0.1) is 13.8 Å². The van der Waals surface area contributed by atoms with E-state index in [-0.39, 0.29) is 0 Å². The van der Waals surface area contributed by atoms with Gasteiger partial charge in [0.15, 0.2) is 5.96 Å². The van der Waals surface area contributed by atoms with Crippen LogP contribution in [0.1, 0.15) is 41.4 Å². The van der Waals surface area contributed by atoms with Crippen molar-refractivity contribution in [1.29, 1.82) is 0 Å². The molecule has 0 atom stereocenters. The normalized spacial score (nSPS) is 11.4. The van der Waals surface area contributed by atoms with Crippen molar-refractivity contribution in [2.24, 2.45) is 4.99 Å². The van der Waals surface area contributed by atoms with Crippen LogP contribution in [-0.2, 0) is 13.1 Å². The predicted molar refractivity (Wildman–Crippen MR) is 103 cm³/mol. The van der Waals surface area contributed by atoms with Crippen LogP contribution in [0.3, 0.4) is 0 Å². The van der Waals surface area contributed by atoms with Crippen molar-refractivity contribution in [1.82, 2.24) is 20.6 Å². The Labute approximate surface area is 153 Å². The smallest absolute Gasteiger partial charge is 0.218 e. The lowest BCUT2D eigenvalue weighted by atomic mass is 10.3. The molecule has 0 aliphatic rings. The molecule has 2 aromatic rings. The molecule has 0 aliphatic heterocycles. The number of nitrogens with zero attached hydrogens (tertiary/aromatic N) is 3. The van der Waals surface area contributed by atoms with Gasteiger partial charge in [0.05, 0.1) is 25.4 Å². The maximum absolute atomic E-state index is 5.69. The van der Waals surface area contributed by atoms with Crippen LogP contribution in [0.4, 0.5) is 0 Å². The van der Waals surface area contributed by atoms with Crippen molar-refractivity contribution in [3.8, 4) is 5.88 Å². The molecule has 0 fully saturated rings. The highest BCUT2D eigenvalue weighted by molar-refractivity contribution is 7.11. The van der Waals surface area contributed by atoms with E-state index >= 15 is 0 Å². The number of hydrogen-bond donors (Lipinski definition) is 2. The lowest BCUT2D eigenvalue weighted by Gasteiger charge is -2.11. The number of thiazole rings is 1. The van der Waals surface area contributed by atoms with E-state index in [9.17, 15) is 0 Å². The zero-order valence-corrected chi connectivity index (χ0v) is 16.2. The van der Waals surface area contributed by atoms with Gasteiger partial charge in [-0.15, -0.1) is 11.3 Å². The summed E-state index contributed by atoms with van der Waals surface area (Å²) in [5, 5.41) is 7.66. The molecule has 2 rings (SSSR count). The predicted octanol–water partition coefficient (Wildman–Crippen LogP) is 3.20. The number of nitrogens with one attached hydrogen (secondary N) is 2. The van der Waals surface area contributed by atoms with Gasteiger partial charge >= 0.3 is 0 Å². The van der Waals surface area contributed by atoms with Gasteiger partial charge in [0.25, 0.3) is 0 Å². The Morgan fingerprint density at radius 3 is 2.80 bits per heavy atom. The first-order chi connectivity index (χ1) is 12.1. The number of hydrogen-bond acceptors (Lipinski definition) is 5. The molecule has 2 heterocycles. The Kier molecular flexibility index (Phi) is 7.66. The second-order valence-corrected chi connectivity index (χ2v) is 6.90. The molecule has 0 amide bonds. The third kappa shape index (κ3) is 6.01. The third-order valence-electron chi connectivity index (χ3n) is 3.52. The minimum Gasteiger partial charge on any atom is -0.477 e. The fourth-order valence-electron chi connectivity index (χ4n) is 2.15. The minimum atomic E-state index is 0.512. The lowest BCUT2D eigenvalue weighted by molar-refractivity contribution is 0.302. The van der Waals surface area contributed by atoms with Crippen molar-refractivity contribution >= 4 is 17.3 Å². The third-order valence-corrected chi connectivity index (χ3v) is 4.60. The van der Waals surface area contributed by atoms with E-state index < -0.39 is 0 Å². The SMILES string of the molecule is CCCOc1ncccc1CN=C(NCC)NCc1nc(C)c(C)s1. The summed E-state index contributed by atoms with van der Waals surface area (Å²) in [6.45, 7) is 10.9. The topological polar surface area (TPSA) is 71.4 Å². The molecule has 0 aromatic carbocycles. The van der Waals surface area contributed by atoms with E-state index in [2.05, 4.69) is 46.4 Å². The Morgan fingerprint density at radius 2 is 2.12 bits per heavy atom. The van der Waals surface area contributed by atoms with E-state index in [4.69, 9.17) is 4.74 Å². The number of ether oxygens (including phenoxy) is 1. The van der Waals surface area contributed by atoms with Crippen molar-refractivity contribution < 1.29 is 4.74 Å². The zero-order valence-electron chi connectivity index (χ0n) is 15.4. The standard InChI is InChI=1S/C18H27N5OS/c1-5-10-24-17-15(8-7-9-20-17)11-21-18(19-6-2)22-12-16-23-13(3)14(4)25-16/h7-9H,5-6,10-12H2,1-4H3,(H2,19,21,22). The largest absolute Gasteiger partial charge is 0.477 e. The van der Waals surface area contributed by atoms with Crippen LogP contribution >= 0.6 is 11.3 Å². The van der Waals surface area contributed by atoms with Crippen LogP contribution in [0.5, 0.6) is 5.88 Å². The molecule has 0 saturated heterocycles. The summed E-state index contributed by atoms with van der Waals surface area (Å²) >= 11 is 1.71. The summed E-state index contributed by atoms with van der Waals surface area (Å²) in [7, 11) is 0. The summed E-state index contributed by atoms with van der Waals surface area (Å²) in [5.74, 6) is 1.42. The van der Waals surface area contributed by atoms with Crippen molar-refractivity contribution in [3.05, 3.63) is 39.5 Å². The molecule has 25 heavy (non-hydrogen) atoms. The molecule has 2 aromatic heterocycles. The highest BCUT2D eigenvalue weighted by Crippen LogP contribution is 2.17. The second-order valence-electron chi connectivity index (χ2n) is 5.61. The lowest BCUT2D eigenvalue weighted by Crippen LogP contribution is -2.36. The maximum atomic E-state index is 5.69. The number of aromatic nitrogens is 2. The van der Waals surface area contributed by atoms with E-state index in [1.807, 2.05) is 19.1 Å². The van der Waals surface area contributed by atoms with Gasteiger partial charge in [0.1, 0.15) is 5.01 Å². The maximum Gasteiger partial charge on any atom is 0.218 e. The van der Waals surface area contributed by atoms with E-state index in [0.29, 0.717) is 25.6 Å². The average Bonchev–Trinajstić information content (AvgIpc) is 2.94. The van der Waals surface area contributed by atoms with Gasteiger partial charge in [0, 0.05) is 23.2 Å². The molecule has 0 radical (unpaired) electrons. The Balaban J connectivity index is 2.01. The van der Waals surface area contributed by atoms with Crippen molar-refractivity contribution in [3.63, 3.8) is 0 Å². The van der Waals surface area contributed by atoms with Gasteiger partial charge in [0.2, 0.25) is 5.88 Å². The highest BCUT2D eigenvalue weighted by Gasteiger charge is 2.07. The minimum absolute atomic E-state index is 0.512. The molecular formula is C18H27N5OS. The summed E-state index contributed by atoms with van der Waals surface area (Å²) in [5.41, 5.74) is 2.07. The fraction of sp³-hybridized carbons (Fsp3) is 0.500. The first kappa shape index (κ1) is 19.2. The molecule has 2 N–H and O–H groups in total. The van der Waals surface area contributed by atoms with Crippen LogP contribution in [0.15, 0.2) is 23.3 Å². The Hall–Kier alpha value is -2.15. The molecule has 0 aliphatic carbocycles. The second kappa shape index (κ2) is 9.98. The monoisotopic (exact) mass is 361 g/mol. The molecule has 0 unspecified atom stereocenters. The number of aryl methyl sites for hydroxylation is 2. The van der Waals surface area contributed by atoms with Crippen LogP contribution in [-0.4, -0.2) is 29.1 Å². The number of aliphatic imine (C=N–C) groups is 1. The van der Waals surface area contributed by atoms with Gasteiger partial charge in [-0.1, -0.05) is 13.0 Å². The highest BCUT2D eigenvalue weighted by atomic mass is 32.1. The number of pyridine rings is 1. The molecule has 0 saturated carbocycles. The van der Waals surface area contributed by atoms with Crippen molar-refractivity contribution in [2.45, 2.75) is 47.2 Å². The first-order valence-electron chi connectivity index (χ1n) is 8.65. The van der Waals surface area contributed by atoms with Gasteiger partial charge in [-0.25, -0.2) is 15.0 Å². The summed E-state index contributed by atoms with van der Waals surface area (Å²) in [6.07, 6.45) is 2.70. The molecule has 7 heteroatoms. The molecule has 136 valence electrons. The molecule has 0 spiro atoms. The van der Waals surface area contributed by atoms with E-state index in [0.717, 1.165) is 35.2 Å². The van der Waals surface area contributed by atoms with Crippen LogP contribution in [0.25, 0.3) is 0 Å². The quantitative estimate of drug-likeness (QED) is 0.558.